The average molecular weight is 297 g/mol. The number of halogens is 2. The molecule has 0 spiro atoms. The fraction of sp³-hybridized carbons (Fsp3) is 0.400. The minimum absolute atomic E-state index is 0.0406. The van der Waals surface area contributed by atoms with Crippen molar-refractivity contribution in [1.82, 2.24) is 4.72 Å². The lowest BCUT2D eigenvalue weighted by Crippen LogP contribution is -2.37. The molecule has 0 fully saturated rings. The topological polar surface area (TPSA) is 92.4 Å². The molecule has 8 heteroatoms. The van der Waals surface area contributed by atoms with Gasteiger partial charge in [-0.3, -0.25) is 0 Å². The van der Waals surface area contributed by atoms with E-state index in [0.717, 1.165) is 12.1 Å². The van der Waals surface area contributed by atoms with Gasteiger partial charge in [0.05, 0.1) is 11.6 Å². The van der Waals surface area contributed by atoms with E-state index in [1.807, 2.05) is 0 Å². The van der Waals surface area contributed by atoms with E-state index in [-0.39, 0.29) is 17.3 Å². The van der Waals surface area contributed by atoms with Crippen LogP contribution in [0.5, 0.6) is 0 Å². The molecule has 0 saturated heterocycles. The molecule has 0 aliphatic heterocycles. The van der Waals surface area contributed by atoms with Gasteiger partial charge in [-0.15, -0.1) is 0 Å². The Bertz CT molecular complexity index is 532. The van der Waals surface area contributed by atoms with Gasteiger partial charge in [0.1, 0.15) is 4.90 Å². The van der Waals surface area contributed by atoms with Gasteiger partial charge in [0.2, 0.25) is 10.0 Å². The fourth-order valence-electron chi connectivity index (χ4n) is 1.31. The molecule has 0 heterocycles. The molecule has 0 saturated carbocycles. The van der Waals surface area contributed by atoms with Crippen LogP contribution >= 0.6 is 11.6 Å². The zero-order valence-electron chi connectivity index (χ0n) is 9.65. The van der Waals surface area contributed by atoms with E-state index in [1.165, 1.54) is 0 Å². The van der Waals surface area contributed by atoms with Gasteiger partial charge < -0.3 is 10.8 Å². The number of hydrogen-bond acceptors (Lipinski definition) is 4. The number of anilines is 1. The van der Waals surface area contributed by atoms with Crippen molar-refractivity contribution >= 4 is 27.3 Å². The monoisotopic (exact) mass is 296 g/mol. The van der Waals surface area contributed by atoms with Crippen LogP contribution in [0.3, 0.4) is 0 Å². The maximum atomic E-state index is 13.7. The van der Waals surface area contributed by atoms with Gasteiger partial charge in [-0.05, 0) is 18.6 Å². The van der Waals surface area contributed by atoms with Gasteiger partial charge in [0.25, 0.3) is 0 Å². The third kappa shape index (κ3) is 3.32. The Morgan fingerprint density at radius 2 is 2.17 bits per heavy atom. The summed E-state index contributed by atoms with van der Waals surface area (Å²) in [5, 5.41) is 8.58. The molecule has 1 aromatic rings. The molecule has 0 aliphatic rings. The second-order valence-electron chi connectivity index (χ2n) is 3.72. The molecule has 0 aromatic heterocycles. The van der Waals surface area contributed by atoms with Gasteiger partial charge in [-0.25, -0.2) is 17.5 Å². The minimum atomic E-state index is -4.11. The summed E-state index contributed by atoms with van der Waals surface area (Å²) in [5.74, 6) is -1.06. The summed E-state index contributed by atoms with van der Waals surface area (Å²) in [4.78, 5) is -0.626. The van der Waals surface area contributed by atoms with Gasteiger partial charge in [-0.2, -0.15) is 0 Å². The highest BCUT2D eigenvalue weighted by Crippen LogP contribution is 2.25. The van der Waals surface area contributed by atoms with E-state index >= 15 is 0 Å². The van der Waals surface area contributed by atoms with Crippen LogP contribution in [0.15, 0.2) is 17.0 Å². The Kier molecular flexibility index (Phi) is 4.92. The predicted octanol–water partition coefficient (Wildman–Crippen LogP) is 1.11. The normalized spacial score (nSPS) is 13.6. The highest BCUT2D eigenvalue weighted by Gasteiger charge is 2.24. The van der Waals surface area contributed by atoms with E-state index < -0.39 is 26.8 Å². The first kappa shape index (κ1) is 15.2. The van der Waals surface area contributed by atoms with Crippen LogP contribution in [0, 0.1) is 5.82 Å². The minimum Gasteiger partial charge on any atom is -0.399 e. The van der Waals surface area contributed by atoms with E-state index in [0.29, 0.717) is 6.42 Å². The van der Waals surface area contributed by atoms with E-state index in [9.17, 15) is 12.8 Å². The summed E-state index contributed by atoms with van der Waals surface area (Å²) in [6.07, 6.45) is 0.368. The van der Waals surface area contributed by atoms with E-state index in [1.54, 1.807) is 6.92 Å². The van der Waals surface area contributed by atoms with Crippen LogP contribution < -0.4 is 10.5 Å². The molecule has 18 heavy (non-hydrogen) atoms. The number of aliphatic hydroxyl groups excluding tert-OH is 1. The van der Waals surface area contributed by atoms with Crippen LogP contribution in [-0.4, -0.2) is 26.2 Å². The molecule has 4 N–H and O–H groups in total. The van der Waals surface area contributed by atoms with Crippen molar-refractivity contribution in [3.05, 3.63) is 23.0 Å². The Balaban J connectivity index is 3.20. The van der Waals surface area contributed by atoms with Gasteiger partial charge in [0, 0.05) is 11.7 Å². The third-order valence-corrected chi connectivity index (χ3v) is 4.14. The lowest BCUT2D eigenvalue weighted by atomic mass is 10.3. The zero-order valence-corrected chi connectivity index (χ0v) is 11.2. The van der Waals surface area contributed by atoms with Crippen molar-refractivity contribution in [3.63, 3.8) is 0 Å². The molecule has 1 atom stereocenters. The van der Waals surface area contributed by atoms with Crippen molar-refractivity contribution in [2.45, 2.75) is 24.3 Å². The second kappa shape index (κ2) is 5.83. The molecular weight excluding hydrogens is 283 g/mol. The molecule has 0 aliphatic carbocycles. The lowest BCUT2D eigenvalue weighted by molar-refractivity contribution is 0.253. The predicted molar refractivity (Wildman–Crippen MR) is 67.3 cm³/mol. The Hall–Kier alpha value is -0.890. The smallest absolute Gasteiger partial charge is 0.243 e. The third-order valence-electron chi connectivity index (χ3n) is 2.34. The molecule has 5 nitrogen and oxygen atoms in total. The fourth-order valence-corrected chi connectivity index (χ4v) is 3.04. The molecular formula is C10H14ClFN2O3S. The Labute approximate surface area is 110 Å². The number of nitrogens with two attached hydrogens (primary N) is 1. The maximum Gasteiger partial charge on any atom is 0.243 e. The van der Waals surface area contributed by atoms with Gasteiger partial charge in [0.15, 0.2) is 5.82 Å². The number of hydrogen-bond donors (Lipinski definition) is 3. The Morgan fingerprint density at radius 3 is 2.67 bits per heavy atom. The quantitative estimate of drug-likeness (QED) is 0.710. The van der Waals surface area contributed by atoms with Crippen LogP contribution in [0.25, 0.3) is 0 Å². The average Bonchev–Trinajstić information content (AvgIpc) is 2.30. The largest absolute Gasteiger partial charge is 0.399 e. The van der Waals surface area contributed by atoms with Gasteiger partial charge in [-0.1, -0.05) is 18.5 Å². The summed E-state index contributed by atoms with van der Waals surface area (Å²) in [6, 6.07) is 1.42. The standard InChI is InChI=1S/C10H14ClFN2O3S/c1-2-7(5-15)14-18(16,17)9-4-6(13)3-8(11)10(9)12/h3-4,7,14-15H,2,5,13H2,1H3. The number of rotatable bonds is 5. The first-order chi connectivity index (χ1) is 8.31. The Morgan fingerprint density at radius 1 is 1.56 bits per heavy atom. The number of nitrogen functional groups attached to an aromatic ring is 1. The van der Waals surface area contributed by atoms with Gasteiger partial charge >= 0.3 is 0 Å². The van der Waals surface area contributed by atoms with Crippen LogP contribution in [0.4, 0.5) is 10.1 Å². The van der Waals surface area contributed by atoms with E-state index in [4.69, 9.17) is 22.4 Å². The number of sulfonamides is 1. The highest BCUT2D eigenvalue weighted by atomic mass is 35.5. The highest BCUT2D eigenvalue weighted by molar-refractivity contribution is 7.89. The summed E-state index contributed by atoms with van der Waals surface area (Å²) in [6.45, 7) is 1.31. The van der Waals surface area contributed by atoms with E-state index in [2.05, 4.69) is 4.72 Å². The van der Waals surface area contributed by atoms with Crippen molar-refractivity contribution in [2.24, 2.45) is 0 Å². The molecule has 1 aromatic carbocycles. The number of nitrogens with one attached hydrogen (secondary N) is 1. The zero-order chi connectivity index (χ0) is 13.9. The molecule has 1 unspecified atom stereocenters. The van der Waals surface area contributed by atoms with Crippen molar-refractivity contribution in [1.29, 1.82) is 0 Å². The first-order valence-corrected chi connectivity index (χ1v) is 7.05. The molecule has 0 amide bonds. The van der Waals surface area contributed by atoms with Crippen molar-refractivity contribution in [2.75, 3.05) is 12.3 Å². The molecule has 102 valence electrons. The van der Waals surface area contributed by atoms with Crippen LogP contribution in [-0.2, 0) is 10.0 Å². The molecule has 1 rings (SSSR count). The molecule has 0 radical (unpaired) electrons. The summed E-state index contributed by atoms with van der Waals surface area (Å²) in [5.41, 5.74) is 5.47. The van der Waals surface area contributed by atoms with Crippen molar-refractivity contribution < 1.29 is 17.9 Å². The summed E-state index contributed by atoms with van der Waals surface area (Å²) in [7, 11) is -4.11. The number of benzene rings is 1. The SMILES string of the molecule is CCC(CO)NS(=O)(=O)c1cc(N)cc(Cl)c1F. The second-order valence-corrected chi connectivity index (χ2v) is 5.81. The summed E-state index contributed by atoms with van der Waals surface area (Å²) >= 11 is 5.53. The van der Waals surface area contributed by atoms with Crippen LogP contribution in [0.1, 0.15) is 13.3 Å². The first-order valence-electron chi connectivity index (χ1n) is 5.19. The van der Waals surface area contributed by atoms with Crippen molar-refractivity contribution in [3.8, 4) is 0 Å². The lowest BCUT2D eigenvalue weighted by Gasteiger charge is -2.15. The maximum absolute atomic E-state index is 13.7. The summed E-state index contributed by atoms with van der Waals surface area (Å²) < 4.78 is 39.7. The van der Waals surface area contributed by atoms with Crippen LogP contribution in [0.2, 0.25) is 5.02 Å². The number of aliphatic hydroxyl groups is 1. The molecule has 0 bridgehead atoms.